The molecule has 2 N–H and O–H groups in total. The number of likely N-dealkylation sites (tertiary alicyclic amines) is 1. The second-order valence-electron chi connectivity index (χ2n) is 7.24. The van der Waals surface area contributed by atoms with Crippen LogP contribution in [0.25, 0.3) is 0 Å². The lowest BCUT2D eigenvalue weighted by atomic mass is 9.98. The molecule has 8 nitrogen and oxygen atoms in total. The van der Waals surface area contributed by atoms with Crippen LogP contribution in [0.4, 0.5) is 10.6 Å². The van der Waals surface area contributed by atoms with Crippen molar-refractivity contribution in [2.24, 2.45) is 0 Å². The third-order valence-corrected chi connectivity index (χ3v) is 5.01. The van der Waals surface area contributed by atoms with Gasteiger partial charge in [0.15, 0.2) is 0 Å². The summed E-state index contributed by atoms with van der Waals surface area (Å²) in [6.45, 7) is 6.86. The van der Waals surface area contributed by atoms with E-state index in [0.717, 1.165) is 17.8 Å². The predicted octanol–water partition coefficient (Wildman–Crippen LogP) is 3.23. The van der Waals surface area contributed by atoms with Gasteiger partial charge in [-0.2, -0.15) is 5.10 Å². The number of aromatic amines is 1. The number of thiazole rings is 1. The number of hydrogen-bond acceptors (Lipinski definition) is 6. The van der Waals surface area contributed by atoms with Crippen LogP contribution in [0.3, 0.4) is 0 Å². The van der Waals surface area contributed by atoms with Crippen LogP contribution in [-0.4, -0.2) is 50.8 Å². The van der Waals surface area contributed by atoms with Crippen LogP contribution in [0.5, 0.6) is 0 Å². The first-order valence-corrected chi connectivity index (χ1v) is 9.44. The first kappa shape index (κ1) is 18.4. The normalized spacial score (nSPS) is 15.7. The average Bonchev–Trinajstić information content (AvgIpc) is 3.25. The smallest absolute Gasteiger partial charge is 0.410 e. The zero-order chi connectivity index (χ0) is 18.7. The van der Waals surface area contributed by atoms with Crippen molar-refractivity contribution in [1.82, 2.24) is 20.1 Å². The number of carbonyl (C=O) groups excluding carboxylic acids is 2. The average molecular weight is 377 g/mol. The number of carbonyl (C=O) groups is 2. The van der Waals surface area contributed by atoms with Gasteiger partial charge in [0.2, 0.25) is 0 Å². The number of ether oxygens (including phenoxy) is 1. The van der Waals surface area contributed by atoms with Gasteiger partial charge in [0.05, 0.1) is 11.2 Å². The maximum Gasteiger partial charge on any atom is 0.410 e. The Kier molecular flexibility index (Phi) is 5.26. The summed E-state index contributed by atoms with van der Waals surface area (Å²) in [4.78, 5) is 30.5. The summed E-state index contributed by atoms with van der Waals surface area (Å²) in [7, 11) is 0. The molecule has 0 unspecified atom stereocenters. The van der Waals surface area contributed by atoms with E-state index in [1.54, 1.807) is 22.5 Å². The quantitative estimate of drug-likeness (QED) is 0.855. The fourth-order valence-electron chi connectivity index (χ4n) is 2.73. The molecule has 0 saturated carbocycles. The molecule has 1 fully saturated rings. The van der Waals surface area contributed by atoms with E-state index in [4.69, 9.17) is 4.74 Å². The van der Waals surface area contributed by atoms with Gasteiger partial charge in [0, 0.05) is 30.5 Å². The fourth-order valence-corrected chi connectivity index (χ4v) is 3.70. The van der Waals surface area contributed by atoms with Crippen LogP contribution in [-0.2, 0) is 4.74 Å². The van der Waals surface area contributed by atoms with Crippen LogP contribution in [0.15, 0.2) is 17.6 Å². The summed E-state index contributed by atoms with van der Waals surface area (Å²) in [5.74, 6) is 0.533. The molecule has 2 aromatic heterocycles. The number of rotatable bonds is 3. The van der Waals surface area contributed by atoms with Gasteiger partial charge in [-0.25, -0.2) is 9.78 Å². The first-order chi connectivity index (χ1) is 12.3. The highest BCUT2D eigenvalue weighted by Gasteiger charge is 2.29. The van der Waals surface area contributed by atoms with Gasteiger partial charge < -0.3 is 15.0 Å². The first-order valence-electron chi connectivity index (χ1n) is 8.56. The Morgan fingerprint density at radius 3 is 2.69 bits per heavy atom. The molecule has 2 amide bonds. The van der Waals surface area contributed by atoms with Gasteiger partial charge in [0.1, 0.15) is 17.1 Å². The molecule has 1 saturated heterocycles. The highest BCUT2D eigenvalue weighted by Crippen LogP contribution is 2.31. The van der Waals surface area contributed by atoms with E-state index in [0.29, 0.717) is 24.6 Å². The maximum atomic E-state index is 12.2. The molecule has 0 aliphatic carbocycles. The minimum Gasteiger partial charge on any atom is -0.444 e. The van der Waals surface area contributed by atoms with Crippen molar-refractivity contribution in [3.63, 3.8) is 0 Å². The molecule has 26 heavy (non-hydrogen) atoms. The molecule has 1 aliphatic rings. The van der Waals surface area contributed by atoms with Crippen molar-refractivity contribution in [3.05, 3.63) is 28.3 Å². The zero-order valence-electron chi connectivity index (χ0n) is 15.1. The molecule has 0 spiro atoms. The monoisotopic (exact) mass is 377 g/mol. The van der Waals surface area contributed by atoms with Gasteiger partial charge in [0.25, 0.3) is 5.91 Å². The largest absolute Gasteiger partial charge is 0.444 e. The van der Waals surface area contributed by atoms with E-state index in [2.05, 4.69) is 20.5 Å². The molecular formula is C17H23N5O3S. The SMILES string of the molecule is CC(C)(C)OC(=O)N1CCC(c2nc(C(=O)Nc3ccn[nH]3)cs2)CC1. The van der Waals surface area contributed by atoms with Crippen LogP contribution < -0.4 is 5.32 Å². The summed E-state index contributed by atoms with van der Waals surface area (Å²) in [5, 5.41) is 11.9. The fraction of sp³-hybridized carbons (Fsp3) is 0.529. The summed E-state index contributed by atoms with van der Waals surface area (Å²) < 4.78 is 5.42. The minimum atomic E-state index is -0.486. The third kappa shape index (κ3) is 4.60. The van der Waals surface area contributed by atoms with Gasteiger partial charge in [-0.3, -0.25) is 9.89 Å². The van der Waals surface area contributed by atoms with Crippen molar-refractivity contribution in [1.29, 1.82) is 0 Å². The lowest BCUT2D eigenvalue weighted by molar-refractivity contribution is 0.0205. The van der Waals surface area contributed by atoms with E-state index >= 15 is 0 Å². The molecule has 0 atom stereocenters. The van der Waals surface area contributed by atoms with Crippen LogP contribution in [0.1, 0.15) is 55.0 Å². The van der Waals surface area contributed by atoms with E-state index < -0.39 is 5.60 Å². The topological polar surface area (TPSA) is 100 Å². The minimum absolute atomic E-state index is 0.257. The number of hydrogen-bond donors (Lipinski definition) is 2. The number of anilines is 1. The number of aromatic nitrogens is 3. The molecular weight excluding hydrogens is 354 g/mol. The Balaban J connectivity index is 1.54. The highest BCUT2D eigenvalue weighted by molar-refractivity contribution is 7.09. The van der Waals surface area contributed by atoms with Crippen molar-refractivity contribution in [2.45, 2.75) is 45.1 Å². The van der Waals surface area contributed by atoms with Crippen molar-refractivity contribution >= 4 is 29.2 Å². The summed E-state index contributed by atoms with van der Waals surface area (Å²) in [5.41, 5.74) is -0.0886. The Bertz CT molecular complexity index is 758. The van der Waals surface area contributed by atoms with Crippen LogP contribution in [0.2, 0.25) is 0 Å². The molecule has 0 radical (unpaired) electrons. The molecule has 3 rings (SSSR count). The molecule has 3 heterocycles. The van der Waals surface area contributed by atoms with Crippen LogP contribution >= 0.6 is 11.3 Å². The molecule has 0 bridgehead atoms. The molecule has 2 aromatic rings. The number of nitrogens with one attached hydrogen (secondary N) is 2. The van der Waals surface area contributed by atoms with E-state index in [1.807, 2.05) is 20.8 Å². The Hall–Kier alpha value is -2.42. The van der Waals surface area contributed by atoms with Crippen molar-refractivity contribution in [2.75, 3.05) is 18.4 Å². The van der Waals surface area contributed by atoms with Crippen LogP contribution in [0, 0.1) is 0 Å². The number of amides is 2. The van der Waals surface area contributed by atoms with Crippen molar-refractivity contribution in [3.8, 4) is 0 Å². The second kappa shape index (κ2) is 7.45. The number of nitrogens with zero attached hydrogens (tertiary/aromatic N) is 3. The standard InChI is InChI=1S/C17H23N5O3S/c1-17(2,3)25-16(24)22-8-5-11(6-9-22)15-19-12(10-26-15)14(23)20-13-4-7-18-21-13/h4,7,10-11H,5-6,8-9H2,1-3H3,(H2,18,20,21,23). The summed E-state index contributed by atoms with van der Waals surface area (Å²) in [6.07, 6.45) is 2.93. The third-order valence-electron chi connectivity index (χ3n) is 4.00. The van der Waals surface area contributed by atoms with E-state index in [-0.39, 0.29) is 17.9 Å². The van der Waals surface area contributed by atoms with Gasteiger partial charge in [-0.1, -0.05) is 0 Å². The zero-order valence-corrected chi connectivity index (χ0v) is 15.9. The number of piperidine rings is 1. The van der Waals surface area contributed by atoms with E-state index in [1.165, 1.54) is 11.3 Å². The predicted molar refractivity (Wildman–Crippen MR) is 98.4 cm³/mol. The second-order valence-corrected chi connectivity index (χ2v) is 8.13. The Morgan fingerprint density at radius 2 is 2.08 bits per heavy atom. The number of H-pyrrole nitrogens is 1. The van der Waals surface area contributed by atoms with Gasteiger partial charge >= 0.3 is 6.09 Å². The molecule has 1 aliphatic heterocycles. The Morgan fingerprint density at radius 1 is 1.35 bits per heavy atom. The van der Waals surface area contributed by atoms with Gasteiger partial charge in [-0.15, -0.1) is 11.3 Å². The lowest BCUT2D eigenvalue weighted by Crippen LogP contribution is -2.41. The van der Waals surface area contributed by atoms with Crippen molar-refractivity contribution < 1.29 is 14.3 Å². The van der Waals surface area contributed by atoms with E-state index in [9.17, 15) is 9.59 Å². The lowest BCUT2D eigenvalue weighted by Gasteiger charge is -2.32. The highest BCUT2D eigenvalue weighted by atomic mass is 32.1. The molecule has 140 valence electrons. The summed E-state index contributed by atoms with van der Waals surface area (Å²) >= 11 is 1.48. The van der Waals surface area contributed by atoms with Gasteiger partial charge in [-0.05, 0) is 33.6 Å². The maximum absolute atomic E-state index is 12.2. The summed E-state index contributed by atoms with van der Waals surface area (Å²) in [6, 6.07) is 1.68. The molecule has 9 heteroatoms. The Labute approximate surface area is 156 Å². The molecule has 0 aromatic carbocycles.